The van der Waals surface area contributed by atoms with Crippen LogP contribution in [0.2, 0.25) is 0 Å². The van der Waals surface area contributed by atoms with E-state index in [0.717, 1.165) is 18.4 Å². The molecule has 2 N–H and O–H groups in total. The Kier molecular flexibility index (Phi) is 6.58. The molecule has 2 aromatic carbocycles. The van der Waals surface area contributed by atoms with Gasteiger partial charge >= 0.3 is 0 Å². The molecule has 1 fully saturated rings. The van der Waals surface area contributed by atoms with Gasteiger partial charge in [-0.25, -0.2) is 0 Å². The predicted molar refractivity (Wildman–Crippen MR) is 117 cm³/mol. The number of nitrogens with zero attached hydrogens (tertiary/aromatic N) is 2. The van der Waals surface area contributed by atoms with E-state index < -0.39 is 0 Å². The highest BCUT2D eigenvalue weighted by Crippen LogP contribution is 2.28. The Bertz CT molecular complexity index is 963. The first-order chi connectivity index (χ1) is 14.0. The van der Waals surface area contributed by atoms with Crippen LogP contribution >= 0.6 is 12.4 Å². The summed E-state index contributed by atoms with van der Waals surface area (Å²) in [5.74, 6) is -0.263. The predicted octanol–water partition coefficient (Wildman–Crippen LogP) is 3.10. The maximum absolute atomic E-state index is 13.1. The second-order valence-electron chi connectivity index (χ2n) is 7.96. The lowest BCUT2D eigenvalue weighted by Crippen LogP contribution is -2.49. The van der Waals surface area contributed by atoms with E-state index in [1.807, 2.05) is 35.2 Å². The van der Waals surface area contributed by atoms with Crippen molar-refractivity contribution in [1.82, 2.24) is 9.80 Å². The summed E-state index contributed by atoms with van der Waals surface area (Å²) in [7, 11) is 0. The largest absolute Gasteiger partial charge is 0.334 e. The number of amides is 3. The lowest BCUT2D eigenvalue weighted by molar-refractivity contribution is 0.0573. The monoisotopic (exact) mass is 427 g/mol. The Morgan fingerprint density at radius 2 is 1.77 bits per heavy atom. The van der Waals surface area contributed by atoms with Gasteiger partial charge in [-0.15, -0.1) is 12.4 Å². The Labute approximate surface area is 182 Å². The van der Waals surface area contributed by atoms with Gasteiger partial charge in [0.15, 0.2) is 0 Å². The summed E-state index contributed by atoms with van der Waals surface area (Å²) in [6.07, 6.45) is 1.82. The van der Waals surface area contributed by atoms with Gasteiger partial charge in [-0.3, -0.25) is 19.3 Å². The molecule has 0 radical (unpaired) electrons. The number of carbonyl (C=O) groups excluding carboxylic acids is 3. The standard InChI is InChI=1S/C23H25N3O3.ClH/c1-15-9-10-25(18(11-15)13-24)21(27)17-7-8-19-20(12-17)23(29)26(22(19)28)14-16-5-3-2-4-6-16;/h2-8,12,15,18H,9-11,13-14,24H2,1H3;1H. The van der Waals surface area contributed by atoms with Gasteiger partial charge in [-0.1, -0.05) is 37.3 Å². The van der Waals surface area contributed by atoms with Crippen LogP contribution in [0.5, 0.6) is 0 Å². The number of benzene rings is 2. The number of rotatable bonds is 4. The van der Waals surface area contributed by atoms with Crippen molar-refractivity contribution in [2.24, 2.45) is 11.7 Å². The smallest absolute Gasteiger partial charge is 0.261 e. The molecule has 0 saturated carbocycles. The molecule has 0 bridgehead atoms. The van der Waals surface area contributed by atoms with Crippen LogP contribution in [0.25, 0.3) is 0 Å². The fourth-order valence-corrected chi connectivity index (χ4v) is 4.24. The van der Waals surface area contributed by atoms with Crippen molar-refractivity contribution in [3.63, 3.8) is 0 Å². The number of hydrogen-bond acceptors (Lipinski definition) is 4. The highest BCUT2D eigenvalue weighted by molar-refractivity contribution is 6.22. The normalized spacial score (nSPS) is 20.7. The molecule has 158 valence electrons. The second-order valence-corrected chi connectivity index (χ2v) is 7.96. The molecule has 1 saturated heterocycles. The molecular weight excluding hydrogens is 402 g/mol. The number of nitrogens with two attached hydrogens (primary N) is 1. The van der Waals surface area contributed by atoms with Gasteiger partial charge in [-0.2, -0.15) is 0 Å². The van der Waals surface area contributed by atoms with Gasteiger partial charge in [0.25, 0.3) is 17.7 Å². The first-order valence-corrected chi connectivity index (χ1v) is 10.0. The molecule has 2 heterocycles. The highest BCUT2D eigenvalue weighted by Gasteiger charge is 2.37. The third kappa shape index (κ3) is 3.98. The van der Waals surface area contributed by atoms with Crippen molar-refractivity contribution < 1.29 is 14.4 Å². The molecule has 0 aromatic heterocycles. The maximum atomic E-state index is 13.1. The molecule has 2 aliphatic heterocycles. The Balaban J connectivity index is 0.00000256. The van der Waals surface area contributed by atoms with Crippen LogP contribution < -0.4 is 5.73 Å². The third-order valence-electron chi connectivity index (χ3n) is 5.91. The first-order valence-electron chi connectivity index (χ1n) is 10.0. The number of hydrogen-bond donors (Lipinski definition) is 1. The molecule has 2 aliphatic rings. The van der Waals surface area contributed by atoms with Gasteiger partial charge in [0.05, 0.1) is 17.7 Å². The summed E-state index contributed by atoms with van der Waals surface area (Å²) >= 11 is 0. The highest BCUT2D eigenvalue weighted by atomic mass is 35.5. The van der Waals surface area contributed by atoms with Gasteiger partial charge in [0.1, 0.15) is 0 Å². The van der Waals surface area contributed by atoms with E-state index in [-0.39, 0.29) is 42.7 Å². The Morgan fingerprint density at radius 1 is 1.07 bits per heavy atom. The second kappa shape index (κ2) is 8.98. The molecular formula is C23H26ClN3O3. The van der Waals surface area contributed by atoms with Crippen molar-refractivity contribution >= 4 is 30.1 Å². The zero-order valence-electron chi connectivity index (χ0n) is 16.9. The van der Waals surface area contributed by atoms with E-state index in [4.69, 9.17) is 5.73 Å². The van der Waals surface area contributed by atoms with Crippen LogP contribution in [-0.4, -0.2) is 46.7 Å². The number of likely N-dealkylation sites (tertiary alicyclic amines) is 1. The number of carbonyl (C=O) groups is 3. The molecule has 3 amide bonds. The minimum atomic E-state index is -0.355. The topological polar surface area (TPSA) is 83.7 Å². The van der Waals surface area contributed by atoms with Crippen molar-refractivity contribution in [3.8, 4) is 0 Å². The summed E-state index contributed by atoms with van der Waals surface area (Å²) in [5, 5.41) is 0. The lowest BCUT2D eigenvalue weighted by atomic mass is 9.91. The van der Waals surface area contributed by atoms with Crippen molar-refractivity contribution in [1.29, 1.82) is 0 Å². The van der Waals surface area contributed by atoms with E-state index >= 15 is 0 Å². The average Bonchev–Trinajstić information content (AvgIpc) is 2.98. The van der Waals surface area contributed by atoms with E-state index in [1.165, 1.54) is 4.90 Å². The molecule has 30 heavy (non-hydrogen) atoms. The zero-order chi connectivity index (χ0) is 20.5. The van der Waals surface area contributed by atoms with Crippen molar-refractivity contribution in [2.45, 2.75) is 32.4 Å². The van der Waals surface area contributed by atoms with Gasteiger partial charge in [0, 0.05) is 24.7 Å². The summed E-state index contributed by atoms with van der Waals surface area (Å²) in [6.45, 7) is 3.47. The zero-order valence-corrected chi connectivity index (χ0v) is 17.7. The van der Waals surface area contributed by atoms with Gasteiger partial charge in [-0.05, 0) is 42.5 Å². The van der Waals surface area contributed by atoms with Gasteiger partial charge < -0.3 is 10.6 Å². The van der Waals surface area contributed by atoms with Crippen LogP contribution in [0.4, 0.5) is 0 Å². The van der Waals surface area contributed by atoms with Crippen LogP contribution in [0.15, 0.2) is 48.5 Å². The SMILES string of the molecule is CC1CCN(C(=O)c2ccc3c(c2)C(=O)N(Cc2ccccc2)C3=O)C(CN)C1.Cl. The molecule has 7 heteroatoms. The minimum Gasteiger partial charge on any atom is -0.334 e. The van der Waals surface area contributed by atoms with Crippen molar-refractivity contribution in [2.75, 3.05) is 13.1 Å². The van der Waals surface area contributed by atoms with E-state index in [2.05, 4.69) is 6.92 Å². The Morgan fingerprint density at radius 3 is 2.47 bits per heavy atom. The summed E-state index contributed by atoms with van der Waals surface area (Å²) < 4.78 is 0. The molecule has 2 unspecified atom stereocenters. The fraction of sp³-hybridized carbons (Fsp3) is 0.348. The molecule has 4 rings (SSSR count). The third-order valence-corrected chi connectivity index (χ3v) is 5.91. The fourth-order valence-electron chi connectivity index (χ4n) is 4.24. The molecule has 6 nitrogen and oxygen atoms in total. The molecule has 0 spiro atoms. The quantitative estimate of drug-likeness (QED) is 0.760. The molecule has 0 aliphatic carbocycles. The number of halogens is 1. The van der Waals surface area contributed by atoms with Crippen LogP contribution in [0.3, 0.4) is 0 Å². The van der Waals surface area contributed by atoms with Gasteiger partial charge in [0.2, 0.25) is 0 Å². The Hall–Kier alpha value is -2.70. The maximum Gasteiger partial charge on any atom is 0.261 e. The van der Waals surface area contributed by atoms with Crippen LogP contribution in [-0.2, 0) is 6.54 Å². The average molecular weight is 428 g/mol. The van der Waals surface area contributed by atoms with Crippen LogP contribution in [0, 0.1) is 5.92 Å². The summed E-state index contributed by atoms with van der Waals surface area (Å²) in [4.78, 5) is 41.8. The molecule has 2 aromatic rings. The van der Waals surface area contributed by atoms with E-state index in [0.29, 0.717) is 35.7 Å². The van der Waals surface area contributed by atoms with E-state index in [1.54, 1.807) is 18.2 Å². The van der Waals surface area contributed by atoms with E-state index in [9.17, 15) is 14.4 Å². The van der Waals surface area contributed by atoms with Crippen molar-refractivity contribution in [3.05, 3.63) is 70.8 Å². The number of fused-ring (bicyclic) bond motifs is 1. The number of imide groups is 1. The van der Waals surface area contributed by atoms with Crippen LogP contribution in [0.1, 0.15) is 56.4 Å². The summed E-state index contributed by atoms with van der Waals surface area (Å²) in [5.41, 5.74) is 7.86. The lowest BCUT2D eigenvalue weighted by Gasteiger charge is -2.38. The molecule has 2 atom stereocenters. The first kappa shape index (κ1) is 22.0. The summed E-state index contributed by atoms with van der Waals surface area (Å²) in [6, 6.07) is 14.2. The number of piperidine rings is 1. The minimum absolute atomic E-state index is 0.